The summed E-state index contributed by atoms with van der Waals surface area (Å²) in [7, 11) is 0. The number of nitrogens with zero attached hydrogens (tertiary/aromatic N) is 2. The molecule has 0 saturated heterocycles. The van der Waals surface area contributed by atoms with Gasteiger partial charge < -0.3 is 14.6 Å². The molecule has 7 heteroatoms. The molecule has 2 aromatic heterocycles. The number of furan rings is 1. The average molecular weight is 405 g/mol. The number of amides is 2. The van der Waals surface area contributed by atoms with E-state index in [0.717, 1.165) is 11.1 Å². The number of nitrogens with one attached hydrogen (secondary N) is 1. The van der Waals surface area contributed by atoms with Crippen molar-refractivity contribution in [3.63, 3.8) is 0 Å². The maximum atomic E-state index is 13.1. The first kappa shape index (κ1) is 20.1. The molecule has 2 amide bonds. The van der Waals surface area contributed by atoms with Crippen molar-refractivity contribution in [3.8, 4) is 6.07 Å². The van der Waals surface area contributed by atoms with Crippen molar-refractivity contribution in [3.05, 3.63) is 88.7 Å². The van der Waals surface area contributed by atoms with Gasteiger partial charge >= 0.3 is 0 Å². The summed E-state index contributed by atoms with van der Waals surface area (Å²) >= 11 is 1.22. The van der Waals surface area contributed by atoms with Crippen LogP contribution in [0.2, 0.25) is 0 Å². The third-order valence-electron chi connectivity index (χ3n) is 4.19. The fraction of sp³-hybridized carbons (Fsp3) is 0.136. The highest BCUT2D eigenvalue weighted by Gasteiger charge is 2.21. The number of benzene rings is 1. The number of thiophene rings is 1. The van der Waals surface area contributed by atoms with Crippen LogP contribution < -0.4 is 5.32 Å². The zero-order valence-corrected chi connectivity index (χ0v) is 16.7. The molecule has 2 heterocycles. The maximum Gasteiger partial charge on any atom is 0.291 e. The fourth-order valence-electron chi connectivity index (χ4n) is 2.76. The Morgan fingerprint density at radius 2 is 2.07 bits per heavy atom. The van der Waals surface area contributed by atoms with Crippen LogP contribution >= 0.6 is 11.3 Å². The molecule has 0 aliphatic carbocycles. The molecule has 6 nitrogen and oxygen atoms in total. The summed E-state index contributed by atoms with van der Waals surface area (Å²) in [5.41, 5.74) is 2.27. The van der Waals surface area contributed by atoms with Crippen LogP contribution in [-0.4, -0.2) is 23.3 Å². The fourth-order valence-corrected chi connectivity index (χ4v) is 3.80. The highest BCUT2D eigenvalue weighted by atomic mass is 32.1. The summed E-state index contributed by atoms with van der Waals surface area (Å²) in [6.45, 7) is 6.34. The Morgan fingerprint density at radius 1 is 1.31 bits per heavy atom. The highest BCUT2D eigenvalue weighted by Crippen LogP contribution is 2.29. The summed E-state index contributed by atoms with van der Waals surface area (Å²) in [4.78, 5) is 27.5. The molecule has 0 radical (unpaired) electrons. The lowest BCUT2D eigenvalue weighted by molar-refractivity contribution is 0.0766. The second kappa shape index (κ2) is 9.04. The zero-order valence-electron chi connectivity index (χ0n) is 15.8. The van der Waals surface area contributed by atoms with E-state index in [1.54, 1.807) is 41.3 Å². The number of rotatable bonds is 7. The van der Waals surface area contributed by atoms with E-state index in [1.807, 2.05) is 19.1 Å². The van der Waals surface area contributed by atoms with E-state index < -0.39 is 0 Å². The number of carbonyl (C=O) groups is 2. The van der Waals surface area contributed by atoms with Gasteiger partial charge in [0.05, 0.1) is 27.8 Å². The lowest BCUT2D eigenvalue weighted by Crippen LogP contribution is -2.30. The Bertz CT molecular complexity index is 1060. The molecule has 1 aromatic carbocycles. The predicted molar refractivity (Wildman–Crippen MR) is 112 cm³/mol. The van der Waals surface area contributed by atoms with Crippen molar-refractivity contribution in [2.45, 2.75) is 13.5 Å². The molecule has 3 aromatic rings. The summed E-state index contributed by atoms with van der Waals surface area (Å²) in [5.74, 6) is -0.302. The quantitative estimate of drug-likeness (QED) is 0.582. The van der Waals surface area contributed by atoms with Gasteiger partial charge in [-0.1, -0.05) is 18.2 Å². The van der Waals surface area contributed by atoms with Gasteiger partial charge in [0.25, 0.3) is 11.8 Å². The minimum atomic E-state index is -0.365. The number of aryl methyl sites for hydroxylation is 1. The number of hydrogen-bond donors (Lipinski definition) is 1. The van der Waals surface area contributed by atoms with Crippen LogP contribution in [0.4, 0.5) is 5.00 Å². The molecule has 29 heavy (non-hydrogen) atoms. The van der Waals surface area contributed by atoms with E-state index >= 15 is 0 Å². The Morgan fingerprint density at radius 3 is 2.69 bits per heavy atom. The van der Waals surface area contributed by atoms with Crippen LogP contribution in [0, 0.1) is 18.3 Å². The lowest BCUT2D eigenvalue weighted by Gasteiger charge is -2.21. The van der Waals surface area contributed by atoms with Crippen LogP contribution in [0.15, 0.2) is 65.8 Å². The van der Waals surface area contributed by atoms with Crippen molar-refractivity contribution >= 4 is 28.2 Å². The SMILES string of the molecule is C=CCN(Cc1ccc(C#N)cc1)C(=O)c1sc(NC(=O)c2ccco2)cc1C. The molecule has 0 bridgehead atoms. The largest absolute Gasteiger partial charge is 0.459 e. The second-order valence-corrected chi connectivity index (χ2v) is 7.39. The van der Waals surface area contributed by atoms with Crippen molar-refractivity contribution in [1.29, 1.82) is 5.26 Å². The van der Waals surface area contributed by atoms with Gasteiger partial charge in [-0.05, 0) is 48.4 Å². The maximum absolute atomic E-state index is 13.1. The molecule has 146 valence electrons. The molecule has 3 rings (SSSR count). The number of nitriles is 1. The molecule has 0 atom stereocenters. The lowest BCUT2D eigenvalue weighted by atomic mass is 10.1. The van der Waals surface area contributed by atoms with Gasteiger partial charge in [-0.3, -0.25) is 9.59 Å². The van der Waals surface area contributed by atoms with Crippen molar-refractivity contribution in [1.82, 2.24) is 4.90 Å². The van der Waals surface area contributed by atoms with E-state index in [1.165, 1.54) is 17.6 Å². The summed E-state index contributed by atoms with van der Waals surface area (Å²) < 4.78 is 5.09. The Balaban J connectivity index is 1.77. The zero-order chi connectivity index (χ0) is 20.8. The van der Waals surface area contributed by atoms with E-state index in [2.05, 4.69) is 18.0 Å². The minimum absolute atomic E-state index is 0.143. The Labute approximate surface area is 172 Å². The summed E-state index contributed by atoms with van der Waals surface area (Å²) in [5, 5.41) is 12.3. The molecule has 0 fully saturated rings. The van der Waals surface area contributed by atoms with Gasteiger partial charge in [0, 0.05) is 13.1 Å². The van der Waals surface area contributed by atoms with Crippen molar-refractivity contribution in [2.24, 2.45) is 0 Å². The van der Waals surface area contributed by atoms with Gasteiger partial charge in [-0.15, -0.1) is 17.9 Å². The number of carbonyl (C=O) groups excluding carboxylic acids is 2. The van der Waals surface area contributed by atoms with E-state index in [-0.39, 0.29) is 17.6 Å². The number of anilines is 1. The third-order valence-corrected chi connectivity index (χ3v) is 5.33. The molecule has 0 saturated carbocycles. The van der Waals surface area contributed by atoms with Crippen LogP contribution in [0.25, 0.3) is 0 Å². The molecular weight excluding hydrogens is 386 g/mol. The summed E-state index contributed by atoms with van der Waals surface area (Å²) in [6.07, 6.45) is 3.10. The Kier molecular flexibility index (Phi) is 6.27. The van der Waals surface area contributed by atoms with Crippen molar-refractivity contribution in [2.75, 3.05) is 11.9 Å². The molecule has 0 aliphatic rings. The average Bonchev–Trinajstić information content (AvgIpc) is 3.38. The first-order chi connectivity index (χ1) is 14.0. The molecule has 0 aliphatic heterocycles. The van der Waals surface area contributed by atoms with E-state index in [4.69, 9.17) is 9.68 Å². The van der Waals surface area contributed by atoms with Crippen LogP contribution in [0.3, 0.4) is 0 Å². The monoisotopic (exact) mass is 405 g/mol. The van der Waals surface area contributed by atoms with Gasteiger partial charge in [-0.25, -0.2) is 0 Å². The first-order valence-corrected chi connectivity index (χ1v) is 9.68. The van der Waals surface area contributed by atoms with Crippen LogP contribution in [0.5, 0.6) is 0 Å². The molecular formula is C22H19N3O3S. The third kappa shape index (κ3) is 4.81. The van der Waals surface area contributed by atoms with E-state index in [9.17, 15) is 9.59 Å². The Hall–Kier alpha value is -3.63. The van der Waals surface area contributed by atoms with E-state index in [0.29, 0.717) is 28.5 Å². The van der Waals surface area contributed by atoms with Gasteiger partial charge in [0.2, 0.25) is 0 Å². The first-order valence-electron chi connectivity index (χ1n) is 8.86. The summed E-state index contributed by atoms with van der Waals surface area (Å²) in [6, 6.07) is 14.2. The molecule has 0 spiro atoms. The highest BCUT2D eigenvalue weighted by molar-refractivity contribution is 7.18. The van der Waals surface area contributed by atoms with Crippen molar-refractivity contribution < 1.29 is 14.0 Å². The molecule has 0 unspecified atom stereocenters. The van der Waals surface area contributed by atoms with Gasteiger partial charge in [-0.2, -0.15) is 5.26 Å². The van der Waals surface area contributed by atoms with Crippen LogP contribution in [-0.2, 0) is 6.54 Å². The van der Waals surface area contributed by atoms with Gasteiger partial charge in [0.15, 0.2) is 5.76 Å². The second-order valence-electron chi connectivity index (χ2n) is 6.34. The molecule has 1 N–H and O–H groups in total. The predicted octanol–water partition coefficient (Wildman–Crippen LogP) is 4.60. The van der Waals surface area contributed by atoms with Crippen LogP contribution in [0.1, 0.15) is 36.9 Å². The minimum Gasteiger partial charge on any atom is -0.459 e. The normalized spacial score (nSPS) is 10.2. The smallest absolute Gasteiger partial charge is 0.291 e. The van der Waals surface area contributed by atoms with Gasteiger partial charge in [0.1, 0.15) is 0 Å². The topological polar surface area (TPSA) is 86.3 Å². The number of hydrogen-bond acceptors (Lipinski definition) is 5. The standard InChI is InChI=1S/C22H19N3O3S/c1-3-10-25(14-17-8-6-16(13-23)7-9-17)22(27)20-15(2)12-19(29-20)24-21(26)18-5-4-11-28-18/h3-9,11-12H,1,10,14H2,2H3,(H,24,26).